The second-order valence-electron chi connectivity index (χ2n) is 4.25. The zero-order valence-corrected chi connectivity index (χ0v) is 12.2. The molecule has 0 unspecified atom stereocenters. The molecule has 0 atom stereocenters. The van der Waals surface area contributed by atoms with E-state index in [1.54, 1.807) is 0 Å². The number of anilines is 1. The molecule has 2 N–H and O–H groups in total. The number of nitrogen functional groups attached to an aromatic ring is 1. The Bertz CT molecular complexity index is 687. The Balaban J connectivity index is 2.04. The predicted molar refractivity (Wildman–Crippen MR) is 79.1 cm³/mol. The summed E-state index contributed by atoms with van der Waals surface area (Å²) in [5, 5.41) is 0.395. The van der Waals surface area contributed by atoms with Gasteiger partial charge in [0, 0.05) is 5.02 Å². The maximum atomic E-state index is 12.1. The Morgan fingerprint density at radius 1 is 1.10 bits per heavy atom. The summed E-state index contributed by atoms with van der Waals surface area (Å²) in [7, 11) is -3.58. The second kappa shape index (κ2) is 6.26. The normalized spacial score (nSPS) is 11.4. The molecule has 0 aliphatic carbocycles. The van der Waals surface area contributed by atoms with Crippen LogP contribution in [-0.4, -0.2) is 14.4 Å². The zero-order chi connectivity index (χ0) is 14.6. The van der Waals surface area contributed by atoms with Crippen LogP contribution in [0.2, 0.25) is 5.02 Å². The van der Waals surface area contributed by atoms with Gasteiger partial charge in [0.25, 0.3) is 0 Å². The smallest absolute Gasteiger partial charge is 0.204 e. The maximum absolute atomic E-state index is 12.1. The van der Waals surface area contributed by atoms with Crippen molar-refractivity contribution in [1.82, 2.24) is 0 Å². The van der Waals surface area contributed by atoms with Crippen molar-refractivity contribution in [3.8, 4) is 0 Å². The molecule has 0 radical (unpaired) electrons. The summed E-state index contributed by atoms with van der Waals surface area (Å²) >= 11 is 5.75. The van der Waals surface area contributed by atoms with Crippen LogP contribution in [0.3, 0.4) is 0 Å². The molecule has 0 spiro atoms. The standard InChI is InChI=1S/C14H14ClNO3S/c15-12-6-7-14(13(16)8-12)20(17,18)10-19-9-11-4-2-1-3-5-11/h1-8H,9-10,16H2. The molecule has 4 nitrogen and oxygen atoms in total. The monoisotopic (exact) mass is 311 g/mol. The third-order valence-corrected chi connectivity index (χ3v) is 4.41. The van der Waals surface area contributed by atoms with Crippen LogP contribution in [0.4, 0.5) is 5.69 Å². The van der Waals surface area contributed by atoms with Crippen molar-refractivity contribution >= 4 is 27.1 Å². The lowest BCUT2D eigenvalue weighted by Gasteiger charge is -2.08. The van der Waals surface area contributed by atoms with E-state index in [0.717, 1.165) is 5.56 Å². The average Bonchev–Trinajstić information content (AvgIpc) is 2.39. The fraction of sp³-hybridized carbons (Fsp3) is 0.143. The molecule has 0 aromatic heterocycles. The highest BCUT2D eigenvalue weighted by Gasteiger charge is 2.18. The summed E-state index contributed by atoms with van der Waals surface area (Å²) in [6.45, 7) is 0.230. The van der Waals surface area contributed by atoms with Gasteiger partial charge in [0.15, 0.2) is 5.94 Å². The molecule has 0 aliphatic heterocycles. The van der Waals surface area contributed by atoms with Gasteiger partial charge in [-0.1, -0.05) is 41.9 Å². The molecule has 0 saturated heterocycles. The largest absolute Gasteiger partial charge is 0.398 e. The van der Waals surface area contributed by atoms with Gasteiger partial charge >= 0.3 is 0 Å². The summed E-state index contributed by atoms with van der Waals surface area (Å²) in [6, 6.07) is 13.6. The fourth-order valence-corrected chi connectivity index (χ4v) is 3.01. The second-order valence-corrected chi connectivity index (χ2v) is 6.59. The first-order valence-corrected chi connectivity index (χ1v) is 7.91. The summed E-state index contributed by atoms with van der Waals surface area (Å²) < 4.78 is 29.5. The molecule has 106 valence electrons. The third-order valence-electron chi connectivity index (χ3n) is 2.66. The van der Waals surface area contributed by atoms with Crippen LogP contribution in [0.1, 0.15) is 5.56 Å². The number of hydrogen-bond donors (Lipinski definition) is 1. The van der Waals surface area contributed by atoms with Crippen molar-refractivity contribution < 1.29 is 13.2 Å². The van der Waals surface area contributed by atoms with Gasteiger partial charge in [-0.25, -0.2) is 8.42 Å². The highest BCUT2D eigenvalue weighted by atomic mass is 35.5. The van der Waals surface area contributed by atoms with E-state index < -0.39 is 15.8 Å². The zero-order valence-electron chi connectivity index (χ0n) is 10.6. The van der Waals surface area contributed by atoms with Crippen molar-refractivity contribution in [3.63, 3.8) is 0 Å². The molecule has 6 heteroatoms. The van der Waals surface area contributed by atoms with Gasteiger partial charge in [0.05, 0.1) is 17.2 Å². The van der Waals surface area contributed by atoms with Crippen LogP contribution in [0.25, 0.3) is 0 Å². The van der Waals surface area contributed by atoms with E-state index in [-0.39, 0.29) is 17.2 Å². The minimum atomic E-state index is -3.58. The minimum absolute atomic E-state index is 0.0370. The van der Waals surface area contributed by atoms with Crippen molar-refractivity contribution in [2.24, 2.45) is 0 Å². The predicted octanol–water partition coefficient (Wildman–Crippen LogP) is 2.87. The van der Waals surface area contributed by atoms with E-state index in [4.69, 9.17) is 22.1 Å². The van der Waals surface area contributed by atoms with E-state index in [1.165, 1.54) is 18.2 Å². The Kier molecular flexibility index (Phi) is 4.65. The quantitative estimate of drug-likeness (QED) is 0.862. The Morgan fingerprint density at radius 2 is 1.80 bits per heavy atom. The molecule has 0 amide bonds. The molecule has 0 bridgehead atoms. The van der Waals surface area contributed by atoms with Crippen molar-refractivity contribution in [3.05, 3.63) is 59.1 Å². The van der Waals surface area contributed by atoms with E-state index >= 15 is 0 Å². The number of sulfone groups is 1. The highest BCUT2D eigenvalue weighted by Crippen LogP contribution is 2.23. The van der Waals surface area contributed by atoms with Gasteiger partial charge in [0.1, 0.15) is 0 Å². The third kappa shape index (κ3) is 3.72. The van der Waals surface area contributed by atoms with Gasteiger partial charge in [-0.05, 0) is 23.8 Å². The molecule has 2 rings (SSSR count). The Morgan fingerprint density at radius 3 is 2.45 bits per heavy atom. The topological polar surface area (TPSA) is 69.4 Å². The number of ether oxygens (including phenoxy) is 1. The summed E-state index contributed by atoms with van der Waals surface area (Å²) in [6.07, 6.45) is 0. The molecule has 0 fully saturated rings. The summed E-state index contributed by atoms with van der Waals surface area (Å²) in [5.41, 5.74) is 6.71. The van der Waals surface area contributed by atoms with E-state index in [9.17, 15) is 8.42 Å². The lowest BCUT2D eigenvalue weighted by molar-refractivity contribution is 0.163. The lowest BCUT2D eigenvalue weighted by Crippen LogP contribution is -2.12. The van der Waals surface area contributed by atoms with Crippen molar-refractivity contribution in [2.75, 3.05) is 11.7 Å². The van der Waals surface area contributed by atoms with Gasteiger partial charge in [-0.15, -0.1) is 0 Å². The molecule has 20 heavy (non-hydrogen) atoms. The number of halogens is 1. The van der Waals surface area contributed by atoms with Crippen LogP contribution >= 0.6 is 11.6 Å². The van der Waals surface area contributed by atoms with Crippen LogP contribution in [-0.2, 0) is 21.2 Å². The number of hydrogen-bond acceptors (Lipinski definition) is 4. The summed E-state index contributed by atoms with van der Waals surface area (Å²) in [5.74, 6) is -0.423. The summed E-state index contributed by atoms with van der Waals surface area (Å²) in [4.78, 5) is 0.0370. The number of benzene rings is 2. The van der Waals surface area contributed by atoms with Gasteiger partial charge in [0.2, 0.25) is 9.84 Å². The Labute approximate surface area is 123 Å². The van der Waals surface area contributed by atoms with Gasteiger partial charge in [-0.3, -0.25) is 0 Å². The first kappa shape index (κ1) is 14.8. The van der Waals surface area contributed by atoms with Crippen LogP contribution in [0.15, 0.2) is 53.4 Å². The lowest BCUT2D eigenvalue weighted by atomic mass is 10.2. The molecule has 0 heterocycles. The van der Waals surface area contributed by atoms with E-state index in [0.29, 0.717) is 5.02 Å². The molecule has 0 saturated carbocycles. The number of rotatable bonds is 5. The molecule has 2 aromatic carbocycles. The molecular formula is C14H14ClNO3S. The molecule has 0 aliphatic rings. The van der Waals surface area contributed by atoms with E-state index in [2.05, 4.69) is 0 Å². The molecule has 2 aromatic rings. The van der Waals surface area contributed by atoms with Crippen LogP contribution in [0, 0.1) is 0 Å². The first-order valence-electron chi connectivity index (χ1n) is 5.88. The first-order chi connectivity index (χ1) is 9.49. The van der Waals surface area contributed by atoms with Crippen LogP contribution in [0.5, 0.6) is 0 Å². The van der Waals surface area contributed by atoms with Gasteiger partial charge in [-0.2, -0.15) is 0 Å². The Hall–Kier alpha value is -1.56. The fourth-order valence-electron chi connectivity index (χ4n) is 1.71. The van der Waals surface area contributed by atoms with E-state index in [1.807, 2.05) is 30.3 Å². The maximum Gasteiger partial charge on any atom is 0.204 e. The van der Waals surface area contributed by atoms with Crippen molar-refractivity contribution in [1.29, 1.82) is 0 Å². The highest BCUT2D eigenvalue weighted by molar-refractivity contribution is 7.91. The van der Waals surface area contributed by atoms with Gasteiger partial charge < -0.3 is 10.5 Å². The average molecular weight is 312 g/mol. The van der Waals surface area contributed by atoms with Crippen molar-refractivity contribution in [2.45, 2.75) is 11.5 Å². The SMILES string of the molecule is Nc1cc(Cl)ccc1S(=O)(=O)COCc1ccccc1. The minimum Gasteiger partial charge on any atom is -0.398 e. The number of nitrogens with two attached hydrogens (primary N) is 1. The van der Waals surface area contributed by atoms with Crippen LogP contribution < -0.4 is 5.73 Å². The molecular weight excluding hydrogens is 298 g/mol.